The Hall–Kier alpha value is 0.177. The highest BCUT2D eigenvalue weighted by Crippen LogP contribution is 1.99. The summed E-state index contributed by atoms with van der Waals surface area (Å²) in [6, 6.07) is 0. The lowest BCUT2D eigenvalue weighted by molar-refractivity contribution is 0.355. The van der Waals surface area contributed by atoms with Crippen LogP contribution in [0.1, 0.15) is 0 Å². The molecule has 0 aliphatic rings. The van der Waals surface area contributed by atoms with Crippen LogP contribution < -0.4 is 0 Å². The van der Waals surface area contributed by atoms with E-state index >= 15 is 0 Å². The van der Waals surface area contributed by atoms with E-state index in [0.717, 1.165) is 0 Å². The Morgan fingerprint density at radius 1 is 1.43 bits per heavy atom. The third kappa shape index (κ3) is 6.18. The molecule has 0 saturated carbocycles. The second-order valence-corrected chi connectivity index (χ2v) is 6.97. The predicted octanol–water partition coefficient (Wildman–Crippen LogP) is 1.67. The fourth-order valence-corrected chi connectivity index (χ4v) is 0.919. The minimum atomic E-state index is -1.22. The van der Waals surface area contributed by atoms with Gasteiger partial charge in [0.15, 0.2) is 8.32 Å². The molecule has 0 aromatic heterocycles. The van der Waals surface area contributed by atoms with Gasteiger partial charge in [-0.15, -0.1) is 0 Å². The van der Waals surface area contributed by atoms with Gasteiger partial charge in [-0.1, -0.05) is 6.61 Å². The molecule has 0 amide bonds. The molecule has 0 rings (SSSR count). The summed E-state index contributed by atoms with van der Waals surface area (Å²) in [5.41, 5.74) is 0. The third-order valence-electron chi connectivity index (χ3n) is 0.535. The van der Waals surface area contributed by atoms with Gasteiger partial charge < -0.3 is 11.3 Å². The SMILES string of the molecule is [CH2-]CO[Si](C)(C)C. The largest absolute Gasteiger partial charge is 0.448 e. The van der Waals surface area contributed by atoms with E-state index in [0.29, 0.717) is 6.61 Å². The molecule has 1 nitrogen and oxygen atoms in total. The monoisotopic (exact) mass is 117 g/mol. The Kier molecular flexibility index (Phi) is 2.54. The van der Waals surface area contributed by atoms with Crippen LogP contribution in [0.4, 0.5) is 0 Å². The van der Waals surface area contributed by atoms with E-state index in [1.54, 1.807) is 0 Å². The summed E-state index contributed by atoms with van der Waals surface area (Å²) in [4.78, 5) is 0. The van der Waals surface area contributed by atoms with Gasteiger partial charge in [-0.05, 0) is 19.6 Å². The van der Waals surface area contributed by atoms with E-state index in [-0.39, 0.29) is 0 Å². The highest BCUT2D eigenvalue weighted by atomic mass is 28.4. The molecule has 0 aromatic rings. The normalized spacial score (nSPS) is 12.0. The summed E-state index contributed by atoms with van der Waals surface area (Å²) in [5, 5.41) is 0. The molecule has 7 heavy (non-hydrogen) atoms. The van der Waals surface area contributed by atoms with Crippen LogP contribution in [0.25, 0.3) is 0 Å². The van der Waals surface area contributed by atoms with Crippen molar-refractivity contribution in [2.45, 2.75) is 19.6 Å². The van der Waals surface area contributed by atoms with Crippen molar-refractivity contribution in [1.29, 1.82) is 0 Å². The van der Waals surface area contributed by atoms with E-state index in [9.17, 15) is 0 Å². The molecule has 0 atom stereocenters. The minimum absolute atomic E-state index is 0.621. The van der Waals surface area contributed by atoms with Crippen molar-refractivity contribution in [2.24, 2.45) is 0 Å². The van der Waals surface area contributed by atoms with Crippen LogP contribution in [-0.4, -0.2) is 14.9 Å². The molecule has 0 radical (unpaired) electrons. The molecular formula is C5H13OSi-. The highest BCUT2D eigenvalue weighted by molar-refractivity contribution is 6.69. The molecule has 44 valence electrons. The van der Waals surface area contributed by atoms with Crippen molar-refractivity contribution in [1.82, 2.24) is 0 Å². The summed E-state index contributed by atoms with van der Waals surface area (Å²) < 4.78 is 5.26. The second kappa shape index (κ2) is 2.48. The zero-order valence-electron chi connectivity index (χ0n) is 5.32. The maximum atomic E-state index is 5.26. The quantitative estimate of drug-likeness (QED) is 0.395. The molecule has 0 saturated heterocycles. The summed E-state index contributed by atoms with van der Waals surface area (Å²) in [7, 11) is -1.22. The second-order valence-electron chi connectivity index (χ2n) is 2.46. The lowest BCUT2D eigenvalue weighted by atomic mass is 10.9. The van der Waals surface area contributed by atoms with Crippen molar-refractivity contribution in [2.75, 3.05) is 6.61 Å². The van der Waals surface area contributed by atoms with E-state index in [4.69, 9.17) is 4.43 Å². The zero-order valence-corrected chi connectivity index (χ0v) is 6.32. The maximum Gasteiger partial charge on any atom is 0.178 e. The van der Waals surface area contributed by atoms with Crippen LogP contribution in [0.3, 0.4) is 0 Å². The predicted molar refractivity (Wildman–Crippen MR) is 34.7 cm³/mol. The van der Waals surface area contributed by atoms with Gasteiger partial charge in [-0.2, -0.15) is 0 Å². The van der Waals surface area contributed by atoms with Crippen LogP contribution >= 0.6 is 0 Å². The van der Waals surface area contributed by atoms with Gasteiger partial charge in [-0.25, -0.2) is 0 Å². The van der Waals surface area contributed by atoms with Crippen molar-refractivity contribution in [3.63, 3.8) is 0 Å². The molecule has 0 fully saturated rings. The van der Waals surface area contributed by atoms with E-state index < -0.39 is 8.32 Å². The Morgan fingerprint density at radius 2 is 1.86 bits per heavy atom. The first-order valence-electron chi connectivity index (χ1n) is 2.49. The molecule has 0 N–H and O–H groups in total. The van der Waals surface area contributed by atoms with Gasteiger partial charge >= 0.3 is 0 Å². The van der Waals surface area contributed by atoms with E-state index in [1.807, 2.05) is 0 Å². The Morgan fingerprint density at radius 3 is 1.86 bits per heavy atom. The number of hydrogen-bond acceptors (Lipinski definition) is 1. The molecule has 0 spiro atoms. The lowest BCUT2D eigenvalue weighted by Gasteiger charge is -2.17. The van der Waals surface area contributed by atoms with Gasteiger partial charge in [0.2, 0.25) is 0 Å². The average molecular weight is 117 g/mol. The summed E-state index contributed by atoms with van der Waals surface area (Å²) in [5.74, 6) is 0. The standard InChI is InChI=1S/C5H13OSi/c1-5-6-7(2,3)4/h1,5H2,2-4H3/q-1. The van der Waals surface area contributed by atoms with Crippen molar-refractivity contribution in [3.05, 3.63) is 6.92 Å². The third-order valence-corrected chi connectivity index (χ3v) is 1.61. The molecule has 0 aliphatic heterocycles. The van der Waals surface area contributed by atoms with Crippen molar-refractivity contribution >= 4 is 8.32 Å². The van der Waals surface area contributed by atoms with E-state index in [2.05, 4.69) is 26.6 Å². The average Bonchev–Trinajstić information content (AvgIpc) is 1.30. The molecule has 0 heterocycles. The first kappa shape index (κ1) is 7.18. The Bertz CT molecular complexity index is 46.5. The Labute approximate surface area is 46.8 Å². The summed E-state index contributed by atoms with van der Waals surface area (Å²) in [6.07, 6.45) is 0. The maximum absolute atomic E-state index is 5.26. The van der Waals surface area contributed by atoms with Crippen LogP contribution in [0, 0.1) is 6.92 Å². The first-order chi connectivity index (χ1) is 3.06. The van der Waals surface area contributed by atoms with Gasteiger partial charge in [0, 0.05) is 0 Å². The minimum Gasteiger partial charge on any atom is -0.448 e. The van der Waals surface area contributed by atoms with Crippen LogP contribution in [0.15, 0.2) is 0 Å². The van der Waals surface area contributed by atoms with Crippen molar-refractivity contribution < 1.29 is 4.43 Å². The summed E-state index contributed by atoms with van der Waals surface area (Å²) >= 11 is 0. The highest BCUT2D eigenvalue weighted by Gasteiger charge is 2.09. The molecule has 0 bridgehead atoms. The van der Waals surface area contributed by atoms with Crippen molar-refractivity contribution in [3.8, 4) is 0 Å². The fraction of sp³-hybridized carbons (Fsp3) is 0.800. The topological polar surface area (TPSA) is 9.23 Å². The molecule has 0 unspecified atom stereocenters. The first-order valence-corrected chi connectivity index (χ1v) is 5.90. The fourth-order valence-electron chi connectivity index (χ4n) is 0.306. The molecule has 0 aromatic carbocycles. The van der Waals surface area contributed by atoms with Gasteiger partial charge in [0.05, 0.1) is 0 Å². The molecular weight excluding hydrogens is 104 g/mol. The van der Waals surface area contributed by atoms with Gasteiger partial charge in [-0.3, -0.25) is 0 Å². The van der Waals surface area contributed by atoms with Crippen LogP contribution in [0.2, 0.25) is 19.6 Å². The van der Waals surface area contributed by atoms with Crippen LogP contribution in [0.5, 0.6) is 0 Å². The van der Waals surface area contributed by atoms with Crippen LogP contribution in [-0.2, 0) is 4.43 Å². The van der Waals surface area contributed by atoms with E-state index in [1.165, 1.54) is 0 Å². The summed E-state index contributed by atoms with van der Waals surface area (Å²) in [6.45, 7) is 10.7. The van der Waals surface area contributed by atoms with Gasteiger partial charge in [0.25, 0.3) is 0 Å². The smallest absolute Gasteiger partial charge is 0.178 e. The molecule has 0 aliphatic carbocycles. The lowest BCUT2D eigenvalue weighted by Crippen LogP contribution is -2.24. The van der Waals surface area contributed by atoms with Gasteiger partial charge in [0.1, 0.15) is 0 Å². The zero-order chi connectivity index (χ0) is 5.91. The number of hydrogen-bond donors (Lipinski definition) is 0. The number of rotatable bonds is 2. The molecule has 2 heteroatoms. The Balaban J connectivity index is 3.15.